The number of anilines is 2. The molecule has 1 aromatic carbocycles. The number of nitrogens with zero attached hydrogens (tertiary/aromatic N) is 2. The van der Waals surface area contributed by atoms with Crippen LogP contribution in [0, 0.1) is 13.8 Å². The SMILES string of the molecule is Cc1nc(NC(=O)C2(C)Sc3ccccc3N(C)C2=O)sc1C. The molecule has 23 heavy (non-hydrogen) atoms. The Balaban J connectivity index is 1.91. The molecule has 0 bridgehead atoms. The lowest BCUT2D eigenvalue weighted by Crippen LogP contribution is -2.53. The van der Waals surface area contributed by atoms with Crippen LogP contribution in [0.2, 0.25) is 0 Å². The first-order chi connectivity index (χ1) is 10.8. The summed E-state index contributed by atoms with van der Waals surface area (Å²) in [6, 6.07) is 7.59. The van der Waals surface area contributed by atoms with Gasteiger partial charge in [0, 0.05) is 16.8 Å². The van der Waals surface area contributed by atoms with E-state index in [9.17, 15) is 9.59 Å². The smallest absolute Gasteiger partial charge is 0.252 e. The Bertz CT molecular complexity index is 783. The molecule has 0 radical (unpaired) electrons. The van der Waals surface area contributed by atoms with E-state index < -0.39 is 4.75 Å². The molecule has 2 aromatic rings. The second-order valence-corrected chi connectivity index (χ2v) is 8.25. The van der Waals surface area contributed by atoms with E-state index in [1.165, 1.54) is 23.1 Å². The van der Waals surface area contributed by atoms with Crippen LogP contribution in [-0.2, 0) is 9.59 Å². The summed E-state index contributed by atoms with van der Waals surface area (Å²) in [6.07, 6.45) is 0. The highest BCUT2D eigenvalue weighted by molar-refractivity contribution is 8.02. The standard InChI is InChI=1S/C16H17N3O2S2/c1-9-10(2)22-15(17-9)18-13(20)16(3)14(21)19(4)11-7-5-6-8-12(11)23-16/h5-8H,1-4H3,(H,17,18,20). The summed E-state index contributed by atoms with van der Waals surface area (Å²) in [5, 5.41) is 3.32. The third-order valence-corrected chi connectivity index (χ3v) is 6.26. The molecule has 0 saturated carbocycles. The predicted molar refractivity (Wildman–Crippen MR) is 94.3 cm³/mol. The number of hydrogen-bond donors (Lipinski definition) is 1. The van der Waals surface area contributed by atoms with Crippen molar-refractivity contribution in [1.82, 2.24) is 4.98 Å². The third kappa shape index (κ3) is 2.64. The van der Waals surface area contributed by atoms with Crippen molar-refractivity contribution in [3.63, 3.8) is 0 Å². The minimum Gasteiger partial charge on any atom is -0.313 e. The molecular formula is C16H17N3O2S2. The van der Waals surface area contributed by atoms with Crippen molar-refractivity contribution in [3.05, 3.63) is 34.8 Å². The van der Waals surface area contributed by atoms with Gasteiger partial charge in [-0.15, -0.1) is 11.3 Å². The molecule has 0 spiro atoms. The van der Waals surface area contributed by atoms with E-state index in [0.717, 1.165) is 21.2 Å². The van der Waals surface area contributed by atoms with E-state index in [4.69, 9.17) is 0 Å². The summed E-state index contributed by atoms with van der Waals surface area (Å²) in [4.78, 5) is 33.3. The van der Waals surface area contributed by atoms with Crippen molar-refractivity contribution in [1.29, 1.82) is 0 Å². The predicted octanol–water partition coefficient (Wildman–Crippen LogP) is 3.23. The number of thiazole rings is 1. The van der Waals surface area contributed by atoms with Crippen LogP contribution in [-0.4, -0.2) is 28.6 Å². The quantitative estimate of drug-likeness (QED) is 0.847. The van der Waals surface area contributed by atoms with Crippen molar-refractivity contribution in [2.75, 3.05) is 17.3 Å². The van der Waals surface area contributed by atoms with Gasteiger partial charge in [-0.25, -0.2) is 4.98 Å². The van der Waals surface area contributed by atoms with Crippen LogP contribution in [0.4, 0.5) is 10.8 Å². The normalized spacial score (nSPS) is 20.3. The molecule has 5 nitrogen and oxygen atoms in total. The Morgan fingerprint density at radius 1 is 1.30 bits per heavy atom. The fraction of sp³-hybridized carbons (Fsp3) is 0.312. The van der Waals surface area contributed by atoms with E-state index in [2.05, 4.69) is 10.3 Å². The maximum atomic E-state index is 12.8. The van der Waals surface area contributed by atoms with Crippen molar-refractivity contribution in [2.45, 2.75) is 30.4 Å². The lowest BCUT2D eigenvalue weighted by Gasteiger charge is -2.36. The van der Waals surface area contributed by atoms with E-state index in [1.807, 2.05) is 38.1 Å². The number of para-hydroxylation sites is 1. The van der Waals surface area contributed by atoms with Crippen molar-refractivity contribution >= 4 is 45.7 Å². The zero-order valence-corrected chi connectivity index (χ0v) is 15.0. The first kappa shape index (κ1) is 16.0. The molecule has 1 unspecified atom stereocenters. The van der Waals surface area contributed by atoms with Gasteiger partial charge in [0.15, 0.2) is 9.88 Å². The lowest BCUT2D eigenvalue weighted by atomic mass is 10.1. The van der Waals surface area contributed by atoms with Gasteiger partial charge in [0.2, 0.25) is 0 Å². The summed E-state index contributed by atoms with van der Waals surface area (Å²) in [7, 11) is 1.70. The summed E-state index contributed by atoms with van der Waals surface area (Å²) in [6.45, 7) is 5.51. The molecule has 1 aliphatic heterocycles. The highest BCUT2D eigenvalue weighted by Crippen LogP contribution is 2.45. The molecule has 1 aromatic heterocycles. The summed E-state index contributed by atoms with van der Waals surface area (Å²) in [5.41, 5.74) is 1.72. The first-order valence-corrected chi connectivity index (χ1v) is 8.78. The zero-order valence-electron chi connectivity index (χ0n) is 13.3. The molecule has 0 fully saturated rings. The lowest BCUT2D eigenvalue weighted by molar-refractivity contribution is -0.128. The number of hydrogen-bond acceptors (Lipinski definition) is 5. The Kier molecular flexibility index (Phi) is 3.93. The minimum atomic E-state index is -1.21. The fourth-order valence-corrected chi connectivity index (χ4v) is 4.47. The molecule has 1 N–H and O–H groups in total. The van der Waals surface area contributed by atoms with Gasteiger partial charge >= 0.3 is 0 Å². The van der Waals surface area contributed by atoms with Gasteiger partial charge in [-0.2, -0.15) is 0 Å². The summed E-state index contributed by atoms with van der Waals surface area (Å²) < 4.78 is -1.21. The molecule has 0 aliphatic carbocycles. The molecule has 1 aliphatic rings. The van der Waals surface area contributed by atoms with Crippen molar-refractivity contribution in [2.24, 2.45) is 0 Å². The average Bonchev–Trinajstić information content (AvgIpc) is 2.83. The van der Waals surface area contributed by atoms with Gasteiger partial charge in [0.05, 0.1) is 11.4 Å². The van der Waals surface area contributed by atoms with E-state index >= 15 is 0 Å². The van der Waals surface area contributed by atoms with Crippen LogP contribution in [0.25, 0.3) is 0 Å². The Hall–Kier alpha value is -1.86. The molecule has 3 rings (SSSR count). The Labute approximate surface area is 143 Å². The van der Waals surface area contributed by atoms with Gasteiger partial charge in [0.1, 0.15) is 0 Å². The second kappa shape index (κ2) is 5.65. The number of carbonyl (C=O) groups excluding carboxylic acids is 2. The van der Waals surface area contributed by atoms with Crippen LogP contribution in [0.5, 0.6) is 0 Å². The van der Waals surface area contributed by atoms with E-state index in [-0.39, 0.29) is 11.8 Å². The third-order valence-electron chi connectivity index (χ3n) is 3.94. The van der Waals surface area contributed by atoms with Crippen LogP contribution < -0.4 is 10.2 Å². The summed E-state index contributed by atoms with van der Waals surface area (Å²) in [5.74, 6) is -0.577. The van der Waals surface area contributed by atoms with Crippen LogP contribution in [0.1, 0.15) is 17.5 Å². The molecule has 2 heterocycles. The number of aromatic nitrogens is 1. The molecule has 1 atom stereocenters. The Morgan fingerprint density at radius 3 is 2.65 bits per heavy atom. The molecule has 0 saturated heterocycles. The topological polar surface area (TPSA) is 62.3 Å². The number of thioether (sulfide) groups is 1. The number of nitrogens with one attached hydrogen (secondary N) is 1. The van der Waals surface area contributed by atoms with Gasteiger partial charge in [-0.05, 0) is 32.9 Å². The van der Waals surface area contributed by atoms with Crippen LogP contribution >= 0.6 is 23.1 Å². The fourth-order valence-electron chi connectivity index (χ4n) is 2.40. The number of amides is 2. The van der Waals surface area contributed by atoms with Crippen molar-refractivity contribution in [3.8, 4) is 0 Å². The van der Waals surface area contributed by atoms with Crippen LogP contribution in [0.3, 0.4) is 0 Å². The minimum absolute atomic E-state index is 0.233. The highest BCUT2D eigenvalue weighted by atomic mass is 32.2. The molecule has 120 valence electrons. The second-order valence-electron chi connectivity index (χ2n) is 5.58. The highest BCUT2D eigenvalue weighted by Gasteiger charge is 2.48. The van der Waals surface area contributed by atoms with Gasteiger partial charge in [-0.3, -0.25) is 9.59 Å². The Morgan fingerprint density at radius 2 is 2.00 bits per heavy atom. The largest absolute Gasteiger partial charge is 0.313 e. The van der Waals surface area contributed by atoms with Gasteiger partial charge in [0.25, 0.3) is 11.8 Å². The number of benzene rings is 1. The first-order valence-electron chi connectivity index (χ1n) is 7.14. The molecule has 7 heteroatoms. The molecule has 2 amide bonds. The maximum absolute atomic E-state index is 12.8. The number of rotatable bonds is 2. The van der Waals surface area contributed by atoms with Crippen LogP contribution in [0.15, 0.2) is 29.2 Å². The monoisotopic (exact) mass is 347 g/mol. The van der Waals surface area contributed by atoms with E-state index in [1.54, 1.807) is 18.9 Å². The summed E-state index contributed by atoms with van der Waals surface area (Å²) >= 11 is 2.70. The average molecular weight is 347 g/mol. The maximum Gasteiger partial charge on any atom is 0.252 e. The van der Waals surface area contributed by atoms with Gasteiger partial charge < -0.3 is 10.2 Å². The van der Waals surface area contributed by atoms with Crippen molar-refractivity contribution < 1.29 is 9.59 Å². The van der Waals surface area contributed by atoms with Gasteiger partial charge in [-0.1, -0.05) is 23.9 Å². The number of aryl methyl sites for hydroxylation is 2. The van der Waals surface area contributed by atoms with E-state index in [0.29, 0.717) is 5.13 Å². The molecular weight excluding hydrogens is 330 g/mol. The number of fused-ring (bicyclic) bond motifs is 1. The number of carbonyl (C=O) groups is 2. The zero-order chi connectivity index (χ0) is 16.8.